The molecule has 0 saturated heterocycles. The van der Waals surface area contributed by atoms with E-state index in [1.807, 2.05) is 30.5 Å². The van der Waals surface area contributed by atoms with Gasteiger partial charge in [-0.25, -0.2) is 9.97 Å². The topological polar surface area (TPSA) is 38.7 Å². The fourth-order valence-electron chi connectivity index (χ4n) is 2.06. The molecule has 0 aliphatic carbocycles. The van der Waals surface area contributed by atoms with Crippen LogP contribution in [0.15, 0.2) is 48.9 Å². The smallest absolute Gasteiger partial charge is 0.161 e. The Labute approximate surface area is 106 Å². The fraction of sp³-hybridized carbons (Fsp3) is 0.133. The van der Waals surface area contributed by atoms with Crippen LogP contribution in [0.4, 0.5) is 0 Å². The summed E-state index contributed by atoms with van der Waals surface area (Å²) in [4.78, 5) is 13.1. The van der Waals surface area contributed by atoms with E-state index in [-0.39, 0.29) is 0 Å². The number of fused-ring (bicyclic) bond motifs is 1. The lowest BCUT2D eigenvalue weighted by Crippen LogP contribution is -1.92. The lowest BCUT2D eigenvalue weighted by Gasteiger charge is -2.05. The summed E-state index contributed by atoms with van der Waals surface area (Å²) in [5.41, 5.74) is 3.22. The van der Waals surface area contributed by atoms with Gasteiger partial charge in [-0.3, -0.25) is 4.98 Å². The van der Waals surface area contributed by atoms with E-state index in [4.69, 9.17) is 0 Å². The van der Waals surface area contributed by atoms with Crippen molar-refractivity contribution >= 4 is 10.9 Å². The number of hydrogen-bond acceptors (Lipinski definition) is 3. The molecule has 3 nitrogen and oxygen atoms in total. The quantitative estimate of drug-likeness (QED) is 0.684. The average Bonchev–Trinajstić information content (AvgIpc) is 2.47. The molecule has 0 spiro atoms. The maximum Gasteiger partial charge on any atom is 0.161 e. The third-order valence-corrected chi connectivity index (χ3v) is 3.02. The molecular weight excluding hydrogens is 222 g/mol. The SMILES string of the molecule is CCc1cccc2nc(-c3cccnc3)ncc12. The Morgan fingerprint density at radius 1 is 1.06 bits per heavy atom. The standard InChI is InChI=1S/C15H13N3/c1-2-11-5-3-7-14-13(11)10-17-15(18-14)12-6-4-8-16-9-12/h3-10H,2H2,1H3. The van der Waals surface area contributed by atoms with E-state index in [0.29, 0.717) is 0 Å². The van der Waals surface area contributed by atoms with Crippen LogP contribution in [0.2, 0.25) is 0 Å². The molecule has 0 radical (unpaired) electrons. The van der Waals surface area contributed by atoms with Gasteiger partial charge in [-0.05, 0) is 30.2 Å². The Kier molecular flexibility index (Phi) is 2.73. The minimum Gasteiger partial charge on any atom is -0.264 e. The number of aromatic nitrogens is 3. The molecule has 0 unspecified atom stereocenters. The maximum atomic E-state index is 4.60. The van der Waals surface area contributed by atoms with Gasteiger partial charge < -0.3 is 0 Å². The van der Waals surface area contributed by atoms with E-state index in [2.05, 4.69) is 27.9 Å². The molecule has 18 heavy (non-hydrogen) atoms. The van der Waals surface area contributed by atoms with E-state index < -0.39 is 0 Å². The maximum absolute atomic E-state index is 4.60. The van der Waals surface area contributed by atoms with Crippen LogP contribution in [0.5, 0.6) is 0 Å². The molecule has 88 valence electrons. The molecule has 0 N–H and O–H groups in total. The van der Waals surface area contributed by atoms with E-state index in [1.165, 1.54) is 5.56 Å². The Bertz CT molecular complexity index is 678. The minimum absolute atomic E-state index is 0.726. The number of rotatable bonds is 2. The van der Waals surface area contributed by atoms with Crippen LogP contribution in [-0.2, 0) is 6.42 Å². The highest BCUT2D eigenvalue weighted by Crippen LogP contribution is 2.20. The summed E-state index contributed by atoms with van der Waals surface area (Å²) >= 11 is 0. The summed E-state index contributed by atoms with van der Waals surface area (Å²) in [7, 11) is 0. The summed E-state index contributed by atoms with van der Waals surface area (Å²) in [5.74, 6) is 0.726. The van der Waals surface area contributed by atoms with Crippen molar-refractivity contribution in [2.75, 3.05) is 0 Å². The first kappa shape index (κ1) is 10.8. The molecule has 1 aromatic carbocycles. The van der Waals surface area contributed by atoms with Gasteiger partial charge in [0.05, 0.1) is 5.52 Å². The normalized spacial score (nSPS) is 10.7. The molecule has 0 bridgehead atoms. The van der Waals surface area contributed by atoms with Crippen LogP contribution >= 0.6 is 0 Å². The van der Waals surface area contributed by atoms with E-state index in [9.17, 15) is 0 Å². The zero-order chi connectivity index (χ0) is 12.4. The van der Waals surface area contributed by atoms with Gasteiger partial charge in [0.25, 0.3) is 0 Å². The van der Waals surface area contributed by atoms with Gasteiger partial charge in [0, 0.05) is 29.5 Å². The molecule has 0 atom stereocenters. The molecule has 2 aromatic heterocycles. The van der Waals surface area contributed by atoms with Crippen molar-refractivity contribution in [1.29, 1.82) is 0 Å². The monoisotopic (exact) mass is 235 g/mol. The highest BCUT2D eigenvalue weighted by molar-refractivity contribution is 5.82. The van der Waals surface area contributed by atoms with E-state index in [0.717, 1.165) is 28.7 Å². The summed E-state index contributed by atoms with van der Waals surface area (Å²) < 4.78 is 0. The number of benzene rings is 1. The highest BCUT2D eigenvalue weighted by atomic mass is 14.9. The van der Waals surface area contributed by atoms with Gasteiger partial charge in [0.1, 0.15) is 0 Å². The molecule has 0 fully saturated rings. The summed E-state index contributed by atoms with van der Waals surface area (Å²) in [6.45, 7) is 2.14. The first-order valence-corrected chi connectivity index (χ1v) is 6.03. The van der Waals surface area contributed by atoms with Crippen molar-refractivity contribution in [3.63, 3.8) is 0 Å². The third kappa shape index (κ3) is 1.84. The summed E-state index contributed by atoms with van der Waals surface area (Å²) in [5, 5.41) is 1.13. The first-order valence-electron chi connectivity index (χ1n) is 6.03. The van der Waals surface area contributed by atoms with Crippen molar-refractivity contribution < 1.29 is 0 Å². The van der Waals surface area contributed by atoms with E-state index >= 15 is 0 Å². The zero-order valence-electron chi connectivity index (χ0n) is 10.2. The second-order valence-electron chi connectivity index (χ2n) is 4.14. The number of pyridine rings is 1. The second-order valence-corrected chi connectivity index (χ2v) is 4.14. The van der Waals surface area contributed by atoms with Crippen LogP contribution in [-0.4, -0.2) is 15.0 Å². The molecule has 0 aliphatic rings. The van der Waals surface area contributed by atoms with Crippen LogP contribution in [0, 0.1) is 0 Å². The Morgan fingerprint density at radius 2 is 2.00 bits per heavy atom. The van der Waals surface area contributed by atoms with Crippen molar-refractivity contribution in [3.8, 4) is 11.4 Å². The van der Waals surface area contributed by atoms with Crippen LogP contribution in [0.25, 0.3) is 22.3 Å². The Morgan fingerprint density at radius 3 is 2.78 bits per heavy atom. The lowest BCUT2D eigenvalue weighted by atomic mass is 10.1. The molecule has 3 aromatic rings. The van der Waals surface area contributed by atoms with Crippen molar-refractivity contribution in [2.45, 2.75) is 13.3 Å². The van der Waals surface area contributed by atoms with Crippen molar-refractivity contribution in [3.05, 3.63) is 54.5 Å². The first-order chi connectivity index (χ1) is 8.88. The van der Waals surface area contributed by atoms with Crippen LogP contribution in [0.1, 0.15) is 12.5 Å². The number of hydrogen-bond donors (Lipinski definition) is 0. The third-order valence-electron chi connectivity index (χ3n) is 3.02. The predicted octanol–water partition coefficient (Wildman–Crippen LogP) is 3.25. The van der Waals surface area contributed by atoms with Crippen LogP contribution in [0.3, 0.4) is 0 Å². The predicted molar refractivity (Wildman–Crippen MR) is 72.1 cm³/mol. The van der Waals surface area contributed by atoms with Crippen LogP contribution < -0.4 is 0 Å². The summed E-state index contributed by atoms with van der Waals surface area (Å²) in [6, 6.07) is 10.1. The van der Waals surface area contributed by atoms with Crippen molar-refractivity contribution in [1.82, 2.24) is 15.0 Å². The zero-order valence-corrected chi connectivity index (χ0v) is 10.2. The van der Waals surface area contributed by atoms with E-state index in [1.54, 1.807) is 12.4 Å². The van der Waals surface area contributed by atoms with Crippen molar-refractivity contribution in [2.24, 2.45) is 0 Å². The Balaban J connectivity index is 2.18. The minimum atomic E-state index is 0.726. The second kappa shape index (κ2) is 4.53. The fourth-order valence-corrected chi connectivity index (χ4v) is 2.06. The molecule has 0 aliphatic heterocycles. The molecule has 3 heteroatoms. The van der Waals surface area contributed by atoms with Gasteiger partial charge in [0.2, 0.25) is 0 Å². The number of aryl methyl sites for hydroxylation is 1. The molecule has 0 amide bonds. The molecular formula is C15H13N3. The molecule has 0 saturated carbocycles. The van der Waals surface area contributed by atoms with Gasteiger partial charge in [-0.2, -0.15) is 0 Å². The lowest BCUT2D eigenvalue weighted by molar-refractivity contribution is 1.14. The molecule has 3 rings (SSSR count). The van der Waals surface area contributed by atoms with Gasteiger partial charge in [-0.15, -0.1) is 0 Å². The highest BCUT2D eigenvalue weighted by Gasteiger charge is 2.05. The summed E-state index contributed by atoms with van der Waals surface area (Å²) in [6.07, 6.45) is 6.43. The number of nitrogens with zero attached hydrogens (tertiary/aromatic N) is 3. The van der Waals surface area contributed by atoms with Gasteiger partial charge in [-0.1, -0.05) is 19.1 Å². The van der Waals surface area contributed by atoms with Gasteiger partial charge >= 0.3 is 0 Å². The Hall–Kier alpha value is -2.29. The largest absolute Gasteiger partial charge is 0.264 e. The van der Waals surface area contributed by atoms with Gasteiger partial charge in [0.15, 0.2) is 5.82 Å². The average molecular weight is 235 g/mol. The molecule has 2 heterocycles.